The van der Waals surface area contributed by atoms with E-state index in [-0.39, 0.29) is 23.7 Å². The highest BCUT2D eigenvalue weighted by molar-refractivity contribution is 6.02. The van der Waals surface area contributed by atoms with Crippen molar-refractivity contribution in [1.29, 1.82) is 5.41 Å². The van der Waals surface area contributed by atoms with Gasteiger partial charge in [0, 0.05) is 105 Å². The number of fused-ring (bicyclic) bond motifs is 1. The van der Waals surface area contributed by atoms with Gasteiger partial charge >= 0.3 is 0 Å². The third kappa shape index (κ3) is 6.57. The second-order valence-corrected chi connectivity index (χ2v) is 11.3. The first-order valence-electron chi connectivity index (χ1n) is 15.0. The van der Waals surface area contributed by atoms with Gasteiger partial charge in [-0.15, -0.1) is 0 Å². The Morgan fingerprint density at radius 3 is 2.88 bits per heavy atom. The van der Waals surface area contributed by atoms with Gasteiger partial charge in [0.05, 0.1) is 6.61 Å². The van der Waals surface area contributed by atoms with E-state index in [1.54, 1.807) is 31.6 Å². The number of nitrogens with one attached hydrogen (secondary N) is 3. The first kappa shape index (κ1) is 30.2. The average Bonchev–Trinajstić information content (AvgIpc) is 3.39. The molecule has 3 aromatic heterocycles. The Labute approximate surface area is 252 Å². The maximum absolute atomic E-state index is 13.0. The van der Waals surface area contributed by atoms with Crippen LogP contribution in [-0.4, -0.2) is 76.0 Å². The minimum Gasteiger partial charge on any atom is -0.392 e. The molecular formula is C32H42N8O3. The fraction of sp³-hybridized carbons (Fsp3) is 0.438. The van der Waals surface area contributed by atoms with Crippen LogP contribution in [0.4, 0.5) is 11.5 Å². The molecule has 2 aliphatic heterocycles. The monoisotopic (exact) mass is 586 g/mol. The highest BCUT2D eigenvalue weighted by Gasteiger charge is 2.20. The summed E-state index contributed by atoms with van der Waals surface area (Å²) in [5.41, 5.74) is 6.11. The van der Waals surface area contributed by atoms with Gasteiger partial charge < -0.3 is 29.8 Å². The molecule has 0 aliphatic carbocycles. The normalized spacial score (nSPS) is 16.0. The summed E-state index contributed by atoms with van der Waals surface area (Å²) in [6.45, 7) is 6.87. The zero-order valence-corrected chi connectivity index (χ0v) is 25.3. The van der Waals surface area contributed by atoms with Gasteiger partial charge in [0.2, 0.25) is 0 Å². The Kier molecular flexibility index (Phi) is 9.42. The lowest BCUT2D eigenvalue weighted by molar-refractivity contribution is 0.112. The molecule has 1 saturated heterocycles. The highest BCUT2D eigenvalue weighted by atomic mass is 16.3. The number of nitrogens with zero attached hydrogens (tertiary/aromatic N) is 5. The minimum atomic E-state index is -0.253. The molecule has 0 aromatic carbocycles. The lowest BCUT2D eigenvalue weighted by Gasteiger charge is -2.28. The summed E-state index contributed by atoms with van der Waals surface area (Å²) >= 11 is 0. The first-order valence-corrected chi connectivity index (χ1v) is 15.0. The van der Waals surface area contributed by atoms with Crippen LogP contribution in [0.1, 0.15) is 47.1 Å². The number of piperazine rings is 1. The number of hydrogen-bond acceptors (Lipinski definition) is 8. The third-order valence-electron chi connectivity index (χ3n) is 8.46. The van der Waals surface area contributed by atoms with Gasteiger partial charge in [-0.2, -0.15) is 0 Å². The summed E-state index contributed by atoms with van der Waals surface area (Å²) < 4.78 is 3.77. The van der Waals surface area contributed by atoms with Crippen molar-refractivity contribution in [3.05, 3.63) is 75.2 Å². The van der Waals surface area contributed by atoms with E-state index in [4.69, 9.17) is 5.41 Å². The van der Waals surface area contributed by atoms with Gasteiger partial charge in [0.1, 0.15) is 17.3 Å². The van der Waals surface area contributed by atoms with E-state index in [0.717, 1.165) is 86.4 Å². The summed E-state index contributed by atoms with van der Waals surface area (Å²) in [6, 6.07) is 5.58. The number of aldehydes is 1. The molecule has 5 rings (SSSR count). The standard InChI is InChI=1S/C32H42N8O3/c1-4-39-14-11-34-24(19-39)17-30(33)36-28-16-22(18-38(3)32(28)43)26-8-10-35-31(27(26)21-42)37(2)13-9-29-23(20-41)15-25-7-5-6-12-40(25)29/h8,10,15-18,20,34,42H,4-7,9,11-14,19,21H2,1-3H3,(H2,33,36)/b24-17-. The van der Waals surface area contributed by atoms with E-state index < -0.39 is 0 Å². The predicted octanol–water partition coefficient (Wildman–Crippen LogP) is 2.77. The third-order valence-corrected chi connectivity index (χ3v) is 8.46. The number of carbonyl (C=O) groups excluding carboxylic acids is 1. The van der Waals surface area contributed by atoms with Gasteiger partial charge in [-0.05, 0) is 49.6 Å². The van der Waals surface area contributed by atoms with Crippen molar-refractivity contribution < 1.29 is 9.90 Å². The van der Waals surface area contributed by atoms with Gasteiger partial charge in [-0.25, -0.2) is 4.98 Å². The number of aliphatic hydroxyl groups excluding tert-OH is 1. The van der Waals surface area contributed by atoms with E-state index in [0.29, 0.717) is 24.3 Å². The largest absolute Gasteiger partial charge is 0.392 e. The molecule has 5 heterocycles. The van der Waals surface area contributed by atoms with Crippen molar-refractivity contribution in [1.82, 2.24) is 24.3 Å². The minimum absolute atomic E-state index is 0.120. The zero-order chi connectivity index (χ0) is 30.5. The van der Waals surface area contributed by atoms with Crippen molar-refractivity contribution in [2.75, 3.05) is 50.0 Å². The molecule has 11 heteroatoms. The summed E-state index contributed by atoms with van der Waals surface area (Å²) in [5.74, 6) is 0.761. The summed E-state index contributed by atoms with van der Waals surface area (Å²) in [7, 11) is 3.62. The lowest BCUT2D eigenvalue weighted by Crippen LogP contribution is -2.42. The van der Waals surface area contributed by atoms with E-state index >= 15 is 0 Å². The molecule has 228 valence electrons. The molecule has 0 saturated carbocycles. The Morgan fingerprint density at radius 2 is 2.12 bits per heavy atom. The van der Waals surface area contributed by atoms with Gasteiger partial charge in [0.25, 0.3) is 5.56 Å². The fourth-order valence-electron chi connectivity index (χ4n) is 6.15. The van der Waals surface area contributed by atoms with Crippen LogP contribution in [0.2, 0.25) is 0 Å². The van der Waals surface area contributed by atoms with Crippen LogP contribution in [0, 0.1) is 5.41 Å². The van der Waals surface area contributed by atoms with Crippen molar-refractivity contribution >= 4 is 23.6 Å². The average molecular weight is 587 g/mol. The second kappa shape index (κ2) is 13.4. The quantitative estimate of drug-likeness (QED) is 0.162. The number of amidine groups is 1. The molecular weight excluding hydrogens is 544 g/mol. The molecule has 11 nitrogen and oxygen atoms in total. The number of hydrogen-bond donors (Lipinski definition) is 4. The number of aryl methyl sites for hydroxylation is 2. The molecule has 43 heavy (non-hydrogen) atoms. The Bertz CT molecular complexity index is 1590. The molecule has 0 unspecified atom stereocenters. The molecule has 0 amide bonds. The van der Waals surface area contributed by atoms with Crippen LogP contribution in [0.3, 0.4) is 0 Å². The van der Waals surface area contributed by atoms with Crippen molar-refractivity contribution in [3.8, 4) is 11.1 Å². The smallest absolute Gasteiger partial charge is 0.274 e. The summed E-state index contributed by atoms with van der Waals surface area (Å²) in [6.07, 6.45) is 10.1. The zero-order valence-electron chi connectivity index (χ0n) is 25.3. The van der Waals surface area contributed by atoms with E-state index in [1.807, 2.05) is 24.1 Å². The number of anilines is 2. The van der Waals surface area contributed by atoms with Crippen molar-refractivity contribution in [2.45, 2.75) is 45.8 Å². The molecule has 3 aromatic rings. The molecule has 0 spiro atoms. The number of likely N-dealkylation sites (N-methyl/N-ethyl adjacent to an activating group) is 2. The van der Waals surface area contributed by atoms with E-state index in [9.17, 15) is 14.7 Å². The maximum atomic E-state index is 13.0. The molecule has 0 bridgehead atoms. The number of pyridine rings is 2. The number of carbonyl (C=O) groups is 1. The Morgan fingerprint density at radius 1 is 1.28 bits per heavy atom. The van der Waals surface area contributed by atoms with E-state index in [2.05, 4.69) is 32.0 Å². The topological polar surface area (TPSA) is 132 Å². The molecule has 2 aliphatic rings. The van der Waals surface area contributed by atoms with Crippen LogP contribution in [-0.2, 0) is 33.0 Å². The second-order valence-electron chi connectivity index (χ2n) is 11.3. The van der Waals surface area contributed by atoms with Crippen molar-refractivity contribution in [3.63, 3.8) is 0 Å². The lowest BCUT2D eigenvalue weighted by atomic mass is 10.0. The maximum Gasteiger partial charge on any atom is 0.274 e. The Hall–Kier alpha value is -4.22. The number of aromatic nitrogens is 3. The van der Waals surface area contributed by atoms with Gasteiger partial charge in [0.15, 0.2) is 6.29 Å². The predicted molar refractivity (Wildman–Crippen MR) is 170 cm³/mol. The van der Waals surface area contributed by atoms with Crippen LogP contribution in [0.15, 0.2) is 47.2 Å². The van der Waals surface area contributed by atoms with Crippen LogP contribution < -0.4 is 21.1 Å². The van der Waals surface area contributed by atoms with Crippen LogP contribution in [0.5, 0.6) is 0 Å². The Balaban J connectivity index is 1.38. The highest BCUT2D eigenvalue weighted by Crippen LogP contribution is 2.31. The van der Waals surface area contributed by atoms with Crippen LogP contribution in [0.25, 0.3) is 11.1 Å². The number of rotatable bonds is 10. The van der Waals surface area contributed by atoms with Crippen molar-refractivity contribution in [2.24, 2.45) is 7.05 Å². The molecule has 1 fully saturated rings. The number of aliphatic hydroxyl groups is 1. The molecule has 4 N–H and O–H groups in total. The first-order chi connectivity index (χ1) is 20.8. The fourth-order valence-corrected chi connectivity index (χ4v) is 6.15. The van der Waals surface area contributed by atoms with E-state index in [1.165, 1.54) is 10.3 Å². The summed E-state index contributed by atoms with van der Waals surface area (Å²) in [5, 5.41) is 25.3. The SMILES string of the molecule is CCN1CCN/C(=C\C(=N)Nc2cc(-c3ccnc(N(C)CCc4c(C=O)cc5n4CCCC5)c3CO)cn(C)c2=O)C1. The van der Waals surface area contributed by atoms with Gasteiger partial charge in [-0.3, -0.25) is 19.9 Å². The summed E-state index contributed by atoms with van der Waals surface area (Å²) in [4.78, 5) is 33.7. The van der Waals surface area contributed by atoms with Crippen LogP contribution >= 0.6 is 0 Å². The molecule has 0 radical (unpaired) electrons. The molecule has 0 atom stereocenters. The van der Waals surface area contributed by atoms with Gasteiger partial charge in [-0.1, -0.05) is 6.92 Å².